The van der Waals surface area contributed by atoms with E-state index in [9.17, 15) is 4.79 Å². The molecule has 0 radical (unpaired) electrons. The van der Waals surface area contributed by atoms with E-state index in [4.69, 9.17) is 16.7 Å². The minimum absolute atomic E-state index is 0.117. The quantitative estimate of drug-likeness (QED) is 0.679. The van der Waals surface area contributed by atoms with Crippen LogP contribution in [0.3, 0.4) is 0 Å². The third-order valence-corrected chi connectivity index (χ3v) is 3.31. The molecule has 1 heterocycles. The van der Waals surface area contributed by atoms with E-state index >= 15 is 0 Å². The molecule has 0 saturated heterocycles. The van der Waals surface area contributed by atoms with Crippen LogP contribution in [0, 0.1) is 5.92 Å². The van der Waals surface area contributed by atoms with Gasteiger partial charge in [0.05, 0.1) is 5.38 Å². The van der Waals surface area contributed by atoms with Crippen LogP contribution in [-0.4, -0.2) is 22.7 Å². The van der Waals surface area contributed by atoms with E-state index in [1.807, 2.05) is 0 Å². The molecule has 0 amide bonds. The molecule has 2 atom stereocenters. The van der Waals surface area contributed by atoms with Crippen LogP contribution in [-0.2, 0) is 4.79 Å². The van der Waals surface area contributed by atoms with Crippen molar-refractivity contribution >= 4 is 23.8 Å². The first-order valence-corrected chi connectivity index (χ1v) is 5.28. The molecule has 1 N–H and O–H groups in total. The SMILES string of the molecule is O=C(O)C1=C2CCCCC2C(Cl)C=N1. The number of hydrogen-bond acceptors (Lipinski definition) is 2. The zero-order valence-electron chi connectivity index (χ0n) is 7.74. The Labute approximate surface area is 87.5 Å². The van der Waals surface area contributed by atoms with Gasteiger partial charge in [-0.2, -0.15) is 0 Å². The summed E-state index contributed by atoms with van der Waals surface area (Å²) in [4.78, 5) is 14.8. The van der Waals surface area contributed by atoms with Gasteiger partial charge in [-0.1, -0.05) is 6.42 Å². The lowest BCUT2D eigenvalue weighted by atomic mass is 9.80. The lowest BCUT2D eigenvalue weighted by Crippen LogP contribution is -2.27. The van der Waals surface area contributed by atoms with E-state index in [0.29, 0.717) is 0 Å². The number of fused-ring (bicyclic) bond motifs is 1. The molecule has 2 unspecified atom stereocenters. The van der Waals surface area contributed by atoms with Crippen molar-refractivity contribution in [3.63, 3.8) is 0 Å². The van der Waals surface area contributed by atoms with Gasteiger partial charge in [-0.25, -0.2) is 4.79 Å². The fourth-order valence-corrected chi connectivity index (χ4v) is 2.54. The van der Waals surface area contributed by atoms with Gasteiger partial charge in [-0.05, 0) is 24.8 Å². The molecule has 1 aliphatic carbocycles. The van der Waals surface area contributed by atoms with Crippen molar-refractivity contribution in [2.45, 2.75) is 31.1 Å². The van der Waals surface area contributed by atoms with Crippen molar-refractivity contribution in [3.8, 4) is 0 Å². The minimum atomic E-state index is -0.924. The lowest BCUT2D eigenvalue weighted by molar-refractivity contribution is -0.132. The van der Waals surface area contributed by atoms with E-state index in [1.54, 1.807) is 6.21 Å². The Morgan fingerprint density at radius 1 is 1.57 bits per heavy atom. The minimum Gasteiger partial charge on any atom is -0.477 e. The van der Waals surface area contributed by atoms with E-state index < -0.39 is 5.97 Å². The molecule has 2 aliphatic rings. The van der Waals surface area contributed by atoms with Crippen molar-refractivity contribution in [1.29, 1.82) is 0 Å². The largest absolute Gasteiger partial charge is 0.477 e. The first kappa shape index (κ1) is 9.71. The van der Waals surface area contributed by atoms with Crippen LogP contribution in [0.1, 0.15) is 25.7 Å². The summed E-state index contributed by atoms with van der Waals surface area (Å²) < 4.78 is 0. The topological polar surface area (TPSA) is 49.7 Å². The van der Waals surface area contributed by atoms with Gasteiger partial charge < -0.3 is 5.11 Å². The van der Waals surface area contributed by atoms with Gasteiger partial charge in [0.25, 0.3) is 0 Å². The summed E-state index contributed by atoms with van der Waals surface area (Å²) in [5.74, 6) is -0.722. The number of allylic oxidation sites excluding steroid dienone is 1. The molecule has 1 aliphatic heterocycles. The fourth-order valence-electron chi connectivity index (χ4n) is 2.21. The summed E-state index contributed by atoms with van der Waals surface area (Å²) in [5, 5.41) is 8.83. The molecule has 0 aromatic heterocycles. The van der Waals surface area contributed by atoms with E-state index in [0.717, 1.165) is 31.3 Å². The second-order valence-corrected chi connectivity index (χ2v) is 4.26. The summed E-state index contributed by atoms with van der Waals surface area (Å²) in [6.07, 6.45) is 5.59. The van der Waals surface area contributed by atoms with Gasteiger partial charge in [-0.3, -0.25) is 4.99 Å². The fraction of sp³-hybridized carbons (Fsp3) is 0.600. The third-order valence-electron chi connectivity index (χ3n) is 2.90. The highest BCUT2D eigenvalue weighted by molar-refractivity contribution is 6.29. The van der Waals surface area contributed by atoms with Crippen molar-refractivity contribution in [2.24, 2.45) is 10.9 Å². The highest BCUT2D eigenvalue weighted by atomic mass is 35.5. The van der Waals surface area contributed by atoms with Crippen molar-refractivity contribution in [2.75, 3.05) is 0 Å². The van der Waals surface area contributed by atoms with Gasteiger partial charge in [0.15, 0.2) is 0 Å². The van der Waals surface area contributed by atoms with E-state index in [-0.39, 0.29) is 17.0 Å². The highest BCUT2D eigenvalue weighted by Gasteiger charge is 2.32. The maximum absolute atomic E-state index is 10.9. The zero-order chi connectivity index (χ0) is 10.1. The summed E-state index contributed by atoms with van der Waals surface area (Å²) in [7, 11) is 0. The first-order chi connectivity index (χ1) is 6.70. The molecule has 76 valence electrons. The second-order valence-electron chi connectivity index (χ2n) is 3.75. The van der Waals surface area contributed by atoms with Crippen LogP contribution in [0.2, 0.25) is 0 Å². The number of nitrogens with zero attached hydrogens (tertiary/aromatic N) is 1. The Balaban J connectivity index is 2.37. The highest BCUT2D eigenvalue weighted by Crippen LogP contribution is 2.38. The maximum atomic E-state index is 10.9. The summed E-state index contributed by atoms with van der Waals surface area (Å²) in [5.41, 5.74) is 1.18. The normalized spacial score (nSPS) is 31.5. The number of carboxylic acid groups (broad SMARTS) is 1. The number of halogens is 1. The first-order valence-electron chi connectivity index (χ1n) is 4.84. The van der Waals surface area contributed by atoms with E-state index in [2.05, 4.69) is 4.99 Å². The van der Waals surface area contributed by atoms with Crippen LogP contribution in [0.25, 0.3) is 0 Å². The molecule has 3 nitrogen and oxygen atoms in total. The smallest absolute Gasteiger partial charge is 0.354 e. The average Bonchev–Trinajstić information content (AvgIpc) is 2.18. The zero-order valence-corrected chi connectivity index (χ0v) is 8.50. The molecule has 0 bridgehead atoms. The number of hydrogen-bond donors (Lipinski definition) is 1. The molecule has 2 rings (SSSR count). The number of aliphatic imine (C=N–C) groups is 1. The van der Waals surface area contributed by atoms with Crippen LogP contribution in [0.4, 0.5) is 0 Å². The van der Waals surface area contributed by atoms with Crippen molar-refractivity contribution in [3.05, 3.63) is 11.3 Å². The molecular weight excluding hydrogens is 202 g/mol. The molecule has 0 aromatic carbocycles. The Kier molecular flexibility index (Phi) is 2.59. The lowest BCUT2D eigenvalue weighted by Gasteiger charge is -2.30. The second kappa shape index (κ2) is 3.73. The Morgan fingerprint density at radius 3 is 3.07 bits per heavy atom. The summed E-state index contributed by atoms with van der Waals surface area (Å²) in [6, 6.07) is 0. The monoisotopic (exact) mass is 213 g/mol. The molecule has 1 fully saturated rings. The number of carbonyl (C=O) groups is 1. The predicted molar refractivity (Wildman–Crippen MR) is 54.8 cm³/mol. The van der Waals surface area contributed by atoms with Crippen molar-refractivity contribution in [1.82, 2.24) is 0 Å². The van der Waals surface area contributed by atoms with Crippen LogP contribution < -0.4 is 0 Å². The number of carboxylic acids is 1. The van der Waals surface area contributed by atoms with Crippen molar-refractivity contribution < 1.29 is 9.90 Å². The van der Waals surface area contributed by atoms with E-state index in [1.165, 1.54) is 0 Å². The molecule has 14 heavy (non-hydrogen) atoms. The maximum Gasteiger partial charge on any atom is 0.354 e. The van der Waals surface area contributed by atoms with Crippen LogP contribution in [0.5, 0.6) is 0 Å². The van der Waals surface area contributed by atoms with Gasteiger partial charge in [0.2, 0.25) is 0 Å². The number of rotatable bonds is 1. The number of alkyl halides is 1. The van der Waals surface area contributed by atoms with Crippen LogP contribution >= 0.6 is 11.6 Å². The number of aliphatic carboxylic acids is 1. The molecular formula is C10H12ClNO2. The van der Waals surface area contributed by atoms with Gasteiger partial charge in [0.1, 0.15) is 5.70 Å². The summed E-state index contributed by atoms with van der Waals surface area (Å²) >= 11 is 6.08. The molecule has 0 spiro atoms. The Hall–Kier alpha value is -0.830. The standard InChI is InChI=1S/C10H12ClNO2/c11-8-5-12-9(10(13)14)7-4-2-1-3-6(7)8/h5-6,8H,1-4H2,(H,13,14). The predicted octanol–water partition coefficient (Wildman–Crippen LogP) is 2.21. The van der Waals surface area contributed by atoms with Gasteiger partial charge in [0, 0.05) is 12.1 Å². The Bertz CT molecular complexity index is 322. The molecule has 1 saturated carbocycles. The Morgan fingerprint density at radius 2 is 2.36 bits per heavy atom. The van der Waals surface area contributed by atoms with Gasteiger partial charge in [-0.15, -0.1) is 11.6 Å². The molecule has 0 aromatic rings. The third kappa shape index (κ3) is 1.57. The van der Waals surface area contributed by atoms with Gasteiger partial charge >= 0.3 is 5.97 Å². The van der Waals surface area contributed by atoms with Crippen LogP contribution in [0.15, 0.2) is 16.3 Å². The average molecular weight is 214 g/mol. The summed E-state index contributed by atoms with van der Waals surface area (Å²) in [6.45, 7) is 0. The molecule has 4 heteroatoms.